The number of urea groups is 1. The average molecular weight is 476 g/mol. The van der Waals surface area contributed by atoms with Gasteiger partial charge in [0.25, 0.3) is 5.96 Å². The molecule has 1 aliphatic heterocycles. The van der Waals surface area contributed by atoms with Gasteiger partial charge < -0.3 is 20.4 Å². The Labute approximate surface area is 204 Å². The van der Waals surface area contributed by atoms with Crippen LogP contribution in [0.1, 0.15) is 13.8 Å². The van der Waals surface area contributed by atoms with Gasteiger partial charge in [-0.3, -0.25) is 4.98 Å². The highest BCUT2D eigenvalue weighted by molar-refractivity contribution is 6.30. The first-order valence-corrected chi connectivity index (χ1v) is 11.5. The third-order valence-electron chi connectivity index (χ3n) is 5.88. The fraction of sp³-hybridized carbons (Fsp3) is 0.280. The third-order valence-corrected chi connectivity index (χ3v) is 6.13. The summed E-state index contributed by atoms with van der Waals surface area (Å²) in [4.78, 5) is 24.5. The van der Waals surface area contributed by atoms with Gasteiger partial charge in [0.1, 0.15) is 5.10 Å². The Kier molecular flexibility index (Phi) is 7.14. The summed E-state index contributed by atoms with van der Waals surface area (Å²) < 4.78 is 0. The Bertz CT molecular complexity index is 1230. The van der Waals surface area contributed by atoms with Gasteiger partial charge in [-0.2, -0.15) is 6.57 Å². The molecule has 2 aromatic carbocycles. The number of nitrogens with one attached hydrogen (secondary N) is 2. The summed E-state index contributed by atoms with van der Waals surface area (Å²) in [6.07, 6.45) is 1.75. The Morgan fingerprint density at radius 2 is 1.94 bits per heavy atom. The number of benzene rings is 2. The molecule has 0 saturated carbocycles. The first kappa shape index (κ1) is 23.3. The zero-order valence-electron chi connectivity index (χ0n) is 19.1. The fourth-order valence-corrected chi connectivity index (χ4v) is 4.22. The average Bonchev–Trinajstić information content (AvgIpc) is 2.85. The lowest BCUT2D eigenvalue weighted by Crippen LogP contribution is -2.60. The second-order valence-corrected chi connectivity index (χ2v) is 8.85. The van der Waals surface area contributed by atoms with Gasteiger partial charge in [0.2, 0.25) is 0 Å². The summed E-state index contributed by atoms with van der Waals surface area (Å²) in [6.45, 7) is 13.1. The molecule has 4 rings (SSSR count). The minimum absolute atomic E-state index is 0.0224. The van der Waals surface area contributed by atoms with Crippen molar-refractivity contribution in [2.24, 2.45) is 11.0 Å². The van der Waals surface area contributed by atoms with Crippen LogP contribution in [0.3, 0.4) is 0 Å². The second-order valence-electron chi connectivity index (χ2n) is 8.41. The van der Waals surface area contributed by atoms with E-state index in [0.717, 1.165) is 16.6 Å². The third kappa shape index (κ3) is 5.21. The predicted molar refractivity (Wildman–Crippen MR) is 137 cm³/mol. The molecule has 1 aromatic heterocycles. The zero-order valence-corrected chi connectivity index (χ0v) is 19.8. The number of hydrogen-bond acceptors (Lipinski definition) is 3. The van der Waals surface area contributed by atoms with E-state index < -0.39 is 0 Å². The van der Waals surface area contributed by atoms with E-state index in [4.69, 9.17) is 18.2 Å². The number of rotatable bonds is 3. The van der Waals surface area contributed by atoms with Crippen LogP contribution in [0, 0.1) is 12.5 Å². The molecule has 1 aliphatic rings. The maximum atomic E-state index is 12.9. The van der Waals surface area contributed by atoms with Crippen LogP contribution in [0.15, 0.2) is 65.9 Å². The summed E-state index contributed by atoms with van der Waals surface area (Å²) in [5.74, 6) is 0.695. The lowest BCUT2D eigenvalue weighted by atomic mass is 10.00. The molecule has 1 unspecified atom stereocenters. The highest BCUT2D eigenvalue weighted by Gasteiger charge is 2.34. The van der Waals surface area contributed by atoms with Crippen molar-refractivity contribution in [2.75, 3.05) is 30.3 Å². The molecule has 2 amide bonds. The van der Waals surface area contributed by atoms with Crippen molar-refractivity contribution in [3.05, 3.63) is 77.3 Å². The highest BCUT2D eigenvalue weighted by atomic mass is 35.5. The van der Waals surface area contributed by atoms with Crippen molar-refractivity contribution in [1.82, 2.24) is 14.8 Å². The molecular weight excluding hydrogens is 450 g/mol. The fourth-order valence-electron chi connectivity index (χ4n) is 4.10. The molecule has 2 N–H and O–H groups in total. The Hall–Kier alpha value is -3.83. The number of piperazine rings is 1. The van der Waals surface area contributed by atoms with Crippen LogP contribution in [0.5, 0.6) is 0 Å². The normalized spacial score (nSPS) is 16.4. The standard InChI is InChI=1S/C25H26ClN7O/c1-17(2)23-16-32(25(34)29-19-11-9-18(26)10-12-19)14-15-33(23)24(31-27-3)30-22-8-4-7-21-20(22)6-5-13-28-21/h4-13,17,23H,14-16H2,1-2H3,(H,29,34)(H,30,31). The summed E-state index contributed by atoms with van der Waals surface area (Å²) in [7, 11) is 0. The van der Waals surface area contributed by atoms with E-state index in [9.17, 15) is 4.79 Å². The summed E-state index contributed by atoms with van der Waals surface area (Å²) in [5.41, 5.74) is 2.39. The number of amides is 2. The van der Waals surface area contributed by atoms with Crippen molar-refractivity contribution in [2.45, 2.75) is 19.9 Å². The first-order valence-electron chi connectivity index (χ1n) is 11.1. The van der Waals surface area contributed by atoms with Crippen molar-refractivity contribution in [3.63, 3.8) is 0 Å². The van der Waals surface area contributed by atoms with E-state index in [0.29, 0.717) is 36.3 Å². The number of carbonyl (C=O) groups is 1. The first-order chi connectivity index (χ1) is 16.5. The van der Waals surface area contributed by atoms with E-state index in [-0.39, 0.29) is 18.0 Å². The Balaban J connectivity index is 1.53. The molecule has 1 saturated heterocycles. The highest BCUT2D eigenvalue weighted by Crippen LogP contribution is 2.24. The number of guanidine groups is 1. The quantitative estimate of drug-likeness (QED) is 0.231. The molecule has 2 heterocycles. The molecular formula is C25H26ClN7O. The lowest BCUT2D eigenvalue weighted by molar-refractivity contribution is 0.120. The van der Waals surface area contributed by atoms with Crippen molar-refractivity contribution < 1.29 is 4.79 Å². The Morgan fingerprint density at radius 1 is 1.15 bits per heavy atom. The largest absolute Gasteiger partial charge is 0.330 e. The number of anilines is 2. The van der Waals surface area contributed by atoms with E-state index in [1.165, 1.54) is 0 Å². The number of fused-ring (bicyclic) bond motifs is 1. The summed E-state index contributed by atoms with van der Waals surface area (Å²) in [6, 6.07) is 16.5. The van der Waals surface area contributed by atoms with Crippen LogP contribution in [-0.4, -0.2) is 52.5 Å². The van der Waals surface area contributed by atoms with Crippen LogP contribution in [-0.2, 0) is 0 Å². The molecule has 174 valence electrons. The van der Waals surface area contributed by atoms with Gasteiger partial charge in [-0.05, 0) is 54.4 Å². The molecule has 1 atom stereocenters. The number of halogens is 1. The molecule has 0 bridgehead atoms. The maximum Gasteiger partial charge on any atom is 0.321 e. The molecule has 34 heavy (non-hydrogen) atoms. The molecule has 0 spiro atoms. The smallest absolute Gasteiger partial charge is 0.321 e. The van der Waals surface area contributed by atoms with Crippen molar-refractivity contribution >= 4 is 45.9 Å². The van der Waals surface area contributed by atoms with Crippen LogP contribution >= 0.6 is 11.6 Å². The lowest BCUT2D eigenvalue weighted by Gasteiger charge is -2.43. The summed E-state index contributed by atoms with van der Waals surface area (Å²) >= 11 is 5.94. The number of hydrogen-bond donors (Lipinski definition) is 2. The number of carbonyl (C=O) groups excluding carboxylic acids is 1. The van der Waals surface area contributed by atoms with Gasteiger partial charge in [-0.25, -0.2) is 4.79 Å². The monoisotopic (exact) mass is 475 g/mol. The van der Waals surface area contributed by atoms with Gasteiger partial charge in [0.05, 0.1) is 17.2 Å². The number of nitrogens with zero attached hydrogens (tertiary/aromatic N) is 5. The van der Waals surface area contributed by atoms with Crippen LogP contribution < -0.4 is 10.6 Å². The Morgan fingerprint density at radius 3 is 2.68 bits per heavy atom. The summed E-state index contributed by atoms with van der Waals surface area (Å²) in [5, 5.41) is 12.0. The molecule has 1 fully saturated rings. The minimum Gasteiger partial charge on any atom is -0.330 e. The van der Waals surface area contributed by atoms with Crippen LogP contribution in [0.2, 0.25) is 5.02 Å². The topological polar surface area (TPSA) is 77.2 Å². The van der Waals surface area contributed by atoms with Crippen molar-refractivity contribution in [1.29, 1.82) is 0 Å². The van der Waals surface area contributed by atoms with Crippen LogP contribution in [0.4, 0.5) is 16.2 Å². The zero-order chi connectivity index (χ0) is 24.1. The van der Waals surface area contributed by atoms with Gasteiger partial charge in [-0.1, -0.05) is 31.5 Å². The SMILES string of the molecule is [C-]#[N+]N=C(Nc1cccc2ncccc12)N1CCN(C(=O)Nc2ccc(Cl)cc2)CC1C(C)C. The number of pyridine rings is 1. The van der Waals surface area contributed by atoms with Crippen LogP contribution in [0.25, 0.3) is 15.9 Å². The molecule has 8 nitrogen and oxygen atoms in total. The minimum atomic E-state index is -0.163. The molecule has 9 heteroatoms. The van der Waals surface area contributed by atoms with Gasteiger partial charge in [0.15, 0.2) is 0 Å². The maximum absolute atomic E-state index is 12.9. The van der Waals surface area contributed by atoms with Gasteiger partial charge in [-0.15, -0.1) is 4.95 Å². The van der Waals surface area contributed by atoms with Crippen molar-refractivity contribution in [3.8, 4) is 0 Å². The molecule has 0 aliphatic carbocycles. The van der Waals surface area contributed by atoms with E-state index in [1.807, 2.05) is 30.3 Å². The predicted octanol–water partition coefficient (Wildman–Crippen LogP) is 5.36. The van der Waals surface area contributed by atoms with Gasteiger partial charge in [0, 0.05) is 41.9 Å². The van der Waals surface area contributed by atoms with E-state index >= 15 is 0 Å². The molecule has 0 radical (unpaired) electrons. The van der Waals surface area contributed by atoms with E-state index in [2.05, 4.69) is 44.4 Å². The second kappa shape index (κ2) is 10.4. The molecule has 3 aromatic rings. The number of aromatic nitrogens is 1. The van der Waals surface area contributed by atoms with E-state index in [1.54, 1.807) is 35.4 Å². The van der Waals surface area contributed by atoms with Gasteiger partial charge >= 0.3 is 6.03 Å².